The largest absolute Gasteiger partial charge is 0.480 e. The minimum absolute atomic E-state index is 0.0673. The Kier molecular flexibility index (Phi) is 5.32. The molecule has 1 aromatic rings. The number of benzene rings is 1. The molecule has 0 saturated carbocycles. The molecule has 1 rings (SSSR count). The van der Waals surface area contributed by atoms with E-state index >= 15 is 0 Å². The summed E-state index contributed by atoms with van der Waals surface area (Å²) in [7, 11) is 0. The van der Waals surface area contributed by atoms with E-state index in [9.17, 15) is 9.59 Å². The van der Waals surface area contributed by atoms with Gasteiger partial charge >= 0.3 is 5.97 Å². The van der Waals surface area contributed by atoms with Crippen LogP contribution in [0.5, 0.6) is 0 Å². The molecule has 0 radical (unpaired) electrons. The molecule has 0 bridgehead atoms. The van der Waals surface area contributed by atoms with Crippen LogP contribution in [0.15, 0.2) is 24.3 Å². The number of amides is 1. The fraction of sp³-hybridized carbons (Fsp3) is 0.385. The molecule has 0 fully saturated rings. The lowest BCUT2D eigenvalue weighted by Gasteiger charge is -2.13. The molecule has 1 aromatic carbocycles. The summed E-state index contributed by atoms with van der Waals surface area (Å²) in [6, 6.07) is 7.07. The van der Waals surface area contributed by atoms with Crippen molar-refractivity contribution in [3.63, 3.8) is 0 Å². The zero-order valence-electron chi connectivity index (χ0n) is 10.3. The van der Waals surface area contributed by atoms with Gasteiger partial charge in [-0.1, -0.05) is 29.8 Å². The number of rotatable bonds is 7. The summed E-state index contributed by atoms with van der Waals surface area (Å²) in [6.45, 7) is 2.44. The molecule has 1 amide bonds. The quantitative estimate of drug-likeness (QED) is 0.667. The molecule has 4 N–H and O–H groups in total. The molecular weight excluding hydrogens is 232 g/mol. The minimum Gasteiger partial charge on any atom is -0.480 e. The molecule has 18 heavy (non-hydrogen) atoms. The zero-order chi connectivity index (χ0) is 13.5. The van der Waals surface area contributed by atoms with E-state index in [2.05, 4.69) is 5.32 Å². The average molecular weight is 250 g/mol. The van der Waals surface area contributed by atoms with E-state index < -0.39 is 17.9 Å². The summed E-state index contributed by atoms with van der Waals surface area (Å²) in [6.07, 6.45) is 0.272. The Labute approximate surface area is 106 Å². The van der Waals surface area contributed by atoms with Crippen LogP contribution in [0.4, 0.5) is 0 Å². The molecule has 5 nitrogen and oxygen atoms in total. The van der Waals surface area contributed by atoms with E-state index in [4.69, 9.17) is 10.8 Å². The lowest BCUT2D eigenvalue weighted by molar-refractivity contribution is -0.139. The van der Waals surface area contributed by atoms with Gasteiger partial charge in [-0.3, -0.25) is 9.59 Å². The average Bonchev–Trinajstić information content (AvgIpc) is 2.30. The Morgan fingerprint density at radius 1 is 1.33 bits per heavy atom. The maximum absolute atomic E-state index is 11.0. The van der Waals surface area contributed by atoms with Gasteiger partial charge in [0.05, 0.1) is 0 Å². The maximum Gasteiger partial charge on any atom is 0.320 e. The first-order valence-corrected chi connectivity index (χ1v) is 5.79. The highest BCUT2D eigenvalue weighted by molar-refractivity contribution is 5.77. The van der Waals surface area contributed by atoms with E-state index in [1.54, 1.807) is 0 Å². The summed E-state index contributed by atoms with van der Waals surface area (Å²) < 4.78 is 0. The summed E-state index contributed by atoms with van der Waals surface area (Å²) >= 11 is 0. The van der Waals surface area contributed by atoms with Crippen molar-refractivity contribution < 1.29 is 14.7 Å². The van der Waals surface area contributed by atoms with Crippen LogP contribution in [-0.2, 0) is 16.1 Å². The van der Waals surface area contributed by atoms with Crippen LogP contribution in [0.2, 0.25) is 0 Å². The van der Waals surface area contributed by atoms with Crippen LogP contribution in [-0.4, -0.2) is 23.0 Å². The van der Waals surface area contributed by atoms with E-state index in [1.165, 1.54) is 0 Å². The lowest BCUT2D eigenvalue weighted by Crippen LogP contribution is -2.37. The Morgan fingerprint density at radius 2 is 1.94 bits per heavy atom. The monoisotopic (exact) mass is 250 g/mol. The van der Waals surface area contributed by atoms with Gasteiger partial charge in [-0.15, -0.1) is 0 Å². The number of aliphatic carboxylic acids is 1. The number of primary amides is 1. The van der Waals surface area contributed by atoms with Gasteiger partial charge in [0, 0.05) is 13.0 Å². The highest BCUT2D eigenvalue weighted by Gasteiger charge is 2.17. The van der Waals surface area contributed by atoms with Crippen LogP contribution in [0.3, 0.4) is 0 Å². The molecule has 1 atom stereocenters. The van der Waals surface area contributed by atoms with Crippen LogP contribution in [0.1, 0.15) is 24.0 Å². The predicted octanol–water partition coefficient (Wildman–Crippen LogP) is 0.803. The Balaban J connectivity index is 2.49. The first kappa shape index (κ1) is 14.2. The molecule has 0 aromatic heterocycles. The summed E-state index contributed by atoms with van der Waals surface area (Å²) in [4.78, 5) is 21.6. The van der Waals surface area contributed by atoms with Gasteiger partial charge < -0.3 is 16.2 Å². The SMILES string of the molecule is Cc1ccc(CNC(CCC(N)=O)C(=O)O)cc1. The van der Waals surface area contributed by atoms with Crippen molar-refractivity contribution in [2.75, 3.05) is 0 Å². The summed E-state index contributed by atoms with van der Waals surface area (Å²) in [5.41, 5.74) is 7.17. The standard InChI is InChI=1S/C13H18N2O3/c1-9-2-4-10(5-3-9)8-15-11(13(17)18)6-7-12(14)16/h2-5,11,15H,6-8H2,1H3,(H2,14,16)(H,17,18). The second-order valence-electron chi connectivity index (χ2n) is 4.26. The third kappa shape index (κ3) is 4.97. The molecule has 0 aliphatic rings. The smallest absolute Gasteiger partial charge is 0.320 e. The Bertz CT molecular complexity index is 415. The number of carboxylic acids is 1. The second kappa shape index (κ2) is 6.76. The van der Waals surface area contributed by atoms with Gasteiger partial charge in [0.15, 0.2) is 0 Å². The fourth-order valence-electron chi connectivity index (χ4n) is 1.55. The topological polar surface area (TPSA) is 92.4 Å². The summed E-state index contributed by atoms with van der Waals surface area (Å²) in [5, 5.41) is 11.9. The van der Waals surface area contributed by atoms with Crippen molar-refractivity contribution in [1.82, 2.24) is 5.32 Å². The van der Waals surface area contributed by atoms with E-state index in [0.717, 1.165) is 11.1 Å². The van der Waals surface area contributed by atoms with Crippen LogP contribution in [0, 0.1) is 6.92 Å². The summed E-state index contributed by atoms with van der Waals surface area (Å²) in [5.74, 6) is -1.46. The number of nitrogens with two attached hydrogens (primary N) is 1. The molecule has 0 heterocycles. The number of hydrogen-bond donors (Lipinski definition) is 3. The Hall–Kier alpha value is -1.88. The molecule has 0 aliphatic heterocycles. The van der Waals surface area contributed by atoms with Crippen molar-refractivity contribution in [3.05, 3.63) is 35.4 Å². The number of aryl methyl sites for hydroxylation is 1. The molecule has 0 spiro atoms. The van der Waals surface area contributed by atoms with E-state index in [-0.39, 0.29) is 12.8 Å². The first-order chi connectivity index (χ1) is 8.49. The highest BCUT2D eigenvalue weighted by Crippen LogP contribution is 2.04. The number of carbonyl (C=O) groups is 2. The normalized spacial score (nSPS) is 12.1. The lowest BCUT2D eigenvalue weighted by atomic mass is 10.1. The molecule has 98 valence electrons. The number of hydrogen-bond acceptors (Lipinski definition) is 3. The molecule has 5 heteroatoms. The second-order valence-corrected chi connectivity index (χ2v) is 4.26. The Morgan fingerprint density at radius 3 is 2.44 bits per heavy atom. The third-order valence-electron chi connectivity index (χ3n) is 2.65. The van der Waals surface area contributed by atoms with Crippen LogP contribution >= 0.6 is 0 Å². The number of carbonyl (C=O) groups excluding carboxylic acids is 1. The van der Waals surface area contributed by atoms with E-state index in [0.29, 0.717) is 6.54 Å². The zero-order valence-corrected chi connectivity index (χ0v) is 10.3. The predicted molar refractivity (Wildman–Crippen MR) is 67.9 cm³/mol. The van der Waals surface area contributed by atoms with Gasteiger partial charge in [-0.25, -0.2) is 0 Å². The van der Waals surface area contributed by atoms with Gasteiger partial charge in [-0.2, -0.15) is 0 Å². The van der Waals surface area contributed by atoms with Crippen molar-refractivity contribution in [2.45, 2.75) is 32.4 Å². The van der Waals surface area contributed by atoms with Crippen molar-refractivity contribution in [2.24, 2.45) is 5.73 Å². The molecular formula is C13H18N2O3. The number of carboxylic acid groups (broad SMARTS) is 1. The maximum atomic E-state index is 11.0. The number of nitrogens with one attached hydrogen (secondary N) is 1. The van der Waals surface area contributed by atoms with Gasteiger partial charge in [0.2, 0.25) is 5.91 Å². The van der Waals surface area contributed by atoms with Gasteiger partial charge in [-0.05, 0) is 18.9 Å². The minimum atomic E-state index is -0.969. The molecule has 1 unspecified atom stereocenters. The van der Waals surface area contributed by atoms with E-state index in [1.807, 2.05) is 31.2 Å². The fourth-order valence-corrected chi connectivity index (χ4v) is 1.55. The van der Waals surface area contributed by atoms with Crippen molar-refractivity contribution in [1.29, 1.82) is 0 Å². The van der Waals surface area contributed by atoms with Gasteiger partial charge in [0.1, 0.15) is 6.04 Å². The first-order valence-electron chi connectivity index (χ1n) is 5.79. The highest BCUT2D eigenvalue weighted by atomic mass is 16.4. The van der Waals surface area contributed by atoms with Crippen molar-refractivity contribution >= 4 is 11.9 Å². The van der Waals surface area contributed by atoms with Crippen molar-refractivity contribution in [3.8, 4) is 0 Å². The molecule has 0 aliphatic carbocycles. The third-order valence-corrected chi connectivity index (χ3v) is 2.65. The van der Waals surface area contributed by atoms with Crippen LogP contribution in [0.25, 0.3) is 0 Å². The van der Waals surface area contributed by atoms with Gasteiger partial charge in [0.25, 0.3) is 0 Å². The molecule has 0 saturated heterocycles. The van der Waals surface area contributed by atoms with Crippen LogP contribution < -0.4 is 11.1 Å².